The Balaban J connectivity index is 1.93. The van der Waals surface area contributed by atoms with Crippen LogP contribution in [-0.2, 0) is 0 Å². The van der Waals surface area contributed by atoms with E-state index in [1.54, 1.807) is 37.1 Å². The van der Waals surface area contributed by atoms with E-state index in [0.29, 0.717) is 12.2 Å². The highest BCUT2D eigenvalue weighted by atomic mass is 32.2. The lowest BCUT2D eigenvalue weighted by molar-refractivity contribution is 0.0752. The van der Waals surface area contributed by atoms with Gasteiger partial charge in [-0.3, -0.25) is 9.78 Å². The number of benzene rings is 1. The average molecular weight is 345 g/mol. The molecule has 0 spiro atoms. The van der Waals surface area contributed by atoms with E-state index in [0.717, 1.165) is 28.5 Å². The topological polar surface area (TPSA) is 64.6 Å². The molecule has 7 heteroatoms. The molecule has 0 radical (unpaired) electrons. The van der Waals surface area contributed by atoms with Crippen molar-refractivity contribution in [1.29, 1.82) is 0 Å². The number of methoxy groups -OCH3 is 2. The Kier molecular flexibility index (Phi) is 4.89. The van der Waals surface area contributed by atoms with Crippen LogP contribution in [0, 0.1) is 6.92 Å². The Morgan fingerprint density at radius 1 is 1.25 bits per heavy atom. The first-order chi connectivity index (χ1) is 11.6. The molecule has 2 aromatic rings. The molecule has 0 bridgehead atoms. The van der Waals surface area contributed by atoms with Crippen molar-refractivity contribution in [3.63, 3.8) is 0 Å². The summed E-state index contributed by atoms with van der Waals surface area (Å²) in [5.41, 5.74) is 2.07. The summed E-state index contributed by atoms with van der Waals surface area (Å²) in [6, 6.07) is 5.63. The third-order valence-corrected chi connectivity index (χ3v) is 5.10. The Morgan fingerprint density at radius 2 is 2.08 bits per heavy atom. The minimum atomic E-state index is -0.134. The van der Waals surface area contributed by atoms with Crippen molar-refractivity contribution in [3.05, 3.63) is 47.5 Å². The molecule has 1 fully saturated rings. The summed E-state index contributed by atoms with van der Waals surface area (Å²) < 4.78 is 10.8. The zero-order chi connectivity index (χ0) is 17.1. The standard InChI is InChI=1S/C17H19N3O3S/c1-11-9-19-14(10-18-11)16(21)20-6-7-24-17(20)13-8-12(22-2)4-5-15(13)23-3/h4-5,8-10,17H,6-7H2,1-3H3. The molecule has 1 aromatic heterocycles. The van der Waals surface area contributed by atoms with Gasteiger partial charge in [0.25, 0.3) is 5.91 Å². The molecular formula is C17H19N3O3S. The Morgan fingerprint density at radius 3 is 2.75 bits per heavy atom. The second kappa shape index (κ2) is 7.09. The summed E-state index contributed by atoms with van der Waals surface area (Å²) in [5.74, 6) is 2.21. The molecule has 1 saturated heterocycles. The van der Waals surface area contributed by atoms with Gasteiger partial charge in [0.05, 0.1) is 26.1 Å². The van der Waals surface area contributed by atoms with Crippen LogP contribution >= 0.6 is 11.8 Å². The van der Waals surface area contributed by atoms with Crippen molar-refractivity contribution in [1.82, 2.24) is 14.9 Å². The summed E-state index contributed by atoms with van der Waals surface area (Å²) in [6.45, 7) is 2.50. The summed E-state index contributed by atoms with van der Waals surface area (Å²) in [6.07, 6.45) is 3.14. The summed E-state index contributed by atoms with van der Waals surface area (Å²) in [7, 11) is 3.25. The van der Waals surface area contributed by atoms with Crippen molar-refractivity contribution in [2.45, 2.75) is 12.3 Å². The van der Waals surface area contributed by atoms with E-state index in [9.17, 15) is 4.79 Å². The van der Waals surface area contributed by atoms with E-state index >= 15 is 0 Å². The molecule has 1 aromatic carbocycles. The van der Waals surface area contributed by atoms with Gasteiger partial charge in [-0.1, -0.05) is 0 Å². The van der Waals surface area contributed by atoms with Crippen LogP contribution in [0.2, 0.25) is 0 Å². The molecule has 0 aliphatic carbocycles. The maximum absolute atomic E-state index is 12.8. The fourth-order valence-corrected chi connectivity index (χ4v) is 3.89. The number of aryl methyl sites for hydroxylation is 1. The summed E-state index contributed by atoms with van der Waals surface area (Å²) in [5, 5.41) is -0.134. The van der Waals surface area contributed by atoms with Crippen LogP contribution in [0.25, 0.3) is 0 Å². The quantitative estimate of drug-likeness (QED) is 0.849. The molecule has 1 unspecified atom stereocenters. The molecule has 3 rings (SSSR count). The van der Waals surface area contributed by atoms with Gasteiger partial charge < -0.3 is 14.4 Å². The highest BCUT2D eigenvalue weighted by molar-refractivity contribution is 7.99. The van der Waals surface area contributed by atoms with Crippen LogP contribution in [0.3, 0.4) is 0 Å². The van der Waals surface area contributed by atoms with Crippen LogP contribution in [0.4, 0.5) is 0 Å². The minimum absolute atomic E-state index is 0.123. The second-order valence-corrected chi connectivity index (χ2v) is 6.56. The molecule has 126 valence electrons. The molecule has 1 amide bonds. The lowest BCUT2D eigenvalue weighted by Crippen LogP contribution is -2.31. The maximum Gasteiger partial charge on any atom is 0.275 e. The molecule has 2 heterocycles. The van der Waals surface area contributed by atoms with E-state index < -0.39 is 0 Å². The molecule has 6 nitrogen and oxygen atoms in total. The van der Waals surface area contributed by atoms with Crippen LogP contribution in [0.5, 0.6) is 11.5 Å². The number of hydrogen-bond acceptors (Lipinski definition) is 6. The lowest BCUT2D eigenvalue weighted by Gasteiger charge is -2.25. The van der Waals surface area contributed by atoms with Crippen LogP contribution in [-0.4, -0.2) is 47.3 Å². The minimum Gasteiger partial charge on any atom is -0.497 e. The number of nitrogens with zero attached hydrogens (tertiary/aromatic N) is 3. The summed E-state index contributed by atoms with van der Waals surface area (Å²) in [4.78, 5) is 23.0. The van der Waals surface area contributed by atoms with Gasteiger partial charge in [0.1, 0.15) is 22.6 Å². The van der Waals surface area contributed by atoms with E-state index in [1.807, 2.05) is 25.1 Å². The average Bonchev–Trinajstić information content (AvgIpc) is 3.10. The van der Waals surface area contributed by atoms with Gasteiger partial charge in [0.15, 0.2) is 0 Å². The molecular weight excluding hydrogens is 326 g/mol. The van der Waals surface area contributed by atoms with Gasteiger partial charge in [0.2, 0.25) is 0 Å². The number of hydrogen-bond donors (Lipinski definition) is 0. The molecule has 0 N–H and O–H groups in total. The summed E-state index contributed by atoms with van der Waals surface area (Å²) >= 11 is 1.70. The van der Waals surface area contributed by atoms with Crippen LogP contribution in [0.1, 0.15) is 27.1 Å². The predicted octanol–water partition coefficient (Wildman–Crippen LogP) is 2.69. The number of amides is 1. The van der Waals surface area contributed by atoms with Gasteiger partial charge in [-0.2, -0.15) is 0 Å². The number of carbonyl (C=O) groups is 1. The second-order valence-electron chi connectivity index (χ2n) is 5.37. The Hall–Kier alpha value is -2.28. The zero-order valence-corrected chi connectivity index (χ0v) is 14.7. The normalized spacial score (nSPS) is 17.0. The Bertz CT molecular complexity index is 736. The third kappa shape index (κ3) is 3.17. The number of thioether (sulfide) groups is 1. The van der Waals surface area contributed by atoms with Gasteiger partial charge in [-0.25, -0.2) is 4.98 Å². The fourth-order valence-electron chi connectivity index (χ4n) is 2.62. The van der Waals surface area contributed by atoms with Crippen molar-refractivity contribution in [3.8, 4) is 11.5 Å². The van der Waals surface area contributed by atoms with E-state index in [2.05, 4.69) is 9.97 Å². The zero-order valence-electron chi connectivity index (χ0n) is 13.9. The SMILES string of the molecule is COc1ccc(OC)c(C2SCCN2C(=O)c2cnc(C)cn2)c1. The lowest BCUT2D eigenvalue weighted by atomic mass is 10.1. The van der Waals surface area contributed by atoms with Crippen molar-refractivity contribution >= 4 is 17.7 Å². The predicted molar refractivity (Wildman–Crippen MR) is 92.6 cm³/mol. The van der Waals surface area contributed by atoms with Gasteiger partial charge in [-0.05, 0) is 25.1 Å². The number of rotatable bonds is 4. The third-order valence-electron chi connectivity index (χ3n) is 3.85. The van der Waals surface area contributed by atoms with Gasteiger partial charge in [-0.15, -0.1) is 11.8 Å². The fraction of sp³-hybridized carbons (Fsp3) is 0.353. The van der Waals surface area contributed by atoms with Crippen molar-refractivity contribution in [2.24, 2.45) is 0 Å². The number of ether oxygens (including phenoxy) is 2. The van der Waals surface area contributed by atoms with E-state index in [1.165, 1.54) is 6.20 Å². The molecule has 1 aliphatic rings. The van der Waals surface area contributed by atoms with Crippen LogP contribution < -0.4 is 9.47 Å². The monoisotopic (exact) mass is 345 g/mol. The smallest absolute Gasteiger partial charge is 0.275 e. The first kappa shape index (κ1) is 16.6. The highest BCUT2D eigenvalue weighted by Gasteiger charge is 2.34. The largest absolute Gasteiger partial charge is 0.497 e. The molecule has 24 heavy (non-hydrogen) atoms. The number of aromatic nitrogens is 2. The van der Waals surface area contributed by atoms with E-state index in [-0.39, 0.29) is 11.3 Å². The highest BCUT2D eigenvalue weighted by Crippen LogP contribution is 2.43. The van der Waals surface area contributed by atoms with Gasteiger partial charge >= 0.3 is 0 Å². The molecule has 1 atom stereocenters. The molecule has 0 saturated carbocycles. The van der Waals surface area contributed by atoms with E-state index in [4.69, 9.17) is 9.47 Å². The van der Waals surface area contributed by atoms with Crippen molar-refractivity contribution < 1.29 is 14.3 Å². The van der Waals surface area contributed by atoms with Crippen molar-refractivity contribution in [2.75, 3.05) is 26.5 Å². The Labute approximate surface area is 145 Å². The van der Waals surface area contributed by atoms with Gasteiger partial charge in [0, 0.05) is 24.1 Å². The molecule has 1 aliphatic heterocycles. The maximum atomic E-state index is 12.8. The first-order valence-corrected chi connectivity index (χ1v) is 8.62. The van der Waals surface area contributed by atoms with Crippen LogP contribution in [0.15, 0.2) is 30.6 Å². The first-order valence-electron chi connectivity index (χ1n) is 7.57. The number of carbonyl (C=O) groups excluding carboxylic acids is 1.